The summed E-state index contributed by atoms with van der Waals surface area (Å²) in [7, 11) is 3.52. The molecule has 0 radical (unpaired) electrons. The largest absolute Gasteiger partial charge is 0.461 e. The van der Waals surface area contributed by atoms with Crippen LogP contribution in [0.3, 0.4) is 0 Å². The van der Waals surface area contributed by atoms with E-state index in [1.165, 1.54) is 11.1 Å². The van der Waals surface area contributed by atoms with Crippen molar-refractivity contribution in [1.82, 2.24) is 26.4 Å². The molecule has 1 aliphatic rings. The predicted octanol–water partition coefficient (Wildman–Crippen LogP) is 3.70. The zero-order valence-corrected chi connectivity index (χ0v) is 22.7. The molecule has 0 saturated carbocycles. The first-order valence-corrected chi connectivity index (χ1v) is 12.6. The maximum Gasteiger partial charge on any atom is 0.186 e. The Hall–Kier alpha value is -2.82. The first-order chi connectivity index (χ1) is 16.8. The van der Waals surface area contributed by atoms with E-state index in [-0.39, 0.29) is 5.92 Å². The average Bonchev–Trinajstić information content (AvgIpc) is 3.23. The molecule has 2 heterocycles. The Bertz CT molecular complexity index is 1100. The standard InChI is InChI=1S/C25H35N7OS2/c1-16-7-6-8-20(13-16)22-14-21(18(3)33-22)15-32-11-9-19(10-12-32)23(29-31-25(35)27-5)17(2)28-30-24(34)26-4/h6-8,13-14,19H,9-12,15H2,1-5H3,(H2,26,30,34)(H2,27,31,35)/b28-17+,29-23-. The molecular formula is C25H35N7OS2. The lowest BCUT2D eigenvalue weighted by atomic mass is 9.89. The van der Waals surface area contributed by atoms with Gasteiger partial charge in [-0.1, -0.05) is 23.8 Å². The lowest BCUT2D eigenvalue weighted by Crippen LogP contribution is -2.40. The summed E-state index contributed by atoms with van der Waals surface area (Å²) in [5, 5.41) is 15.7. The van der Waals surface area contributed by atoms with Crippen molar-refractivity contribution >= 4 is 46.1 Å². The fourth-order valence-corrected chi connectivity index (χ4v) is 4.20. The lowest BCUT2D eigenvalue weighted by Gasteiger charge is -2.32. The lowest BCUT2D eigenvalue weighted by molar-refractivity contribution is 0.201. The summed E-state index contributed by atoms with van der Waals surface area (Å²) in [6.45, 7) is 8.86. The van der Waals surface area contributed by atoms with Gasteiger partial charge in [0, 0.05) is 37.7 Å². The topological polar surface area (TPSA) is 89.2 Å². The zero-order valence-electron chi connectivity index (χ0n) is 21.1. The Morgan fingerprint density at radius 2 is 1.69 bits per heavy atom. The number of rotatable bonds is 7. The molecule has 1 fully saturated rings. The van der Waals surface area contributed by atoms with Gasteiger partial charge in [-0.2, -0.15) is 10.2 Å². The number of hydrogen-bond acceptors (Lipinski definition) is 6. The molecule has 0 bridgehead atoms. The highest BCUT2D eigenvalue weighted by atomic mass is 32.1. The molecule has 1 aromatic carbocycles. The summed E-state index contributed by atoms with van der Waals surface area (Å²) in [4.78, 5) is 2.47. The van der Waals surface area contributed by atoms with Crippen LogP contribution >= 0.6 is 24.4 Å². The van der Waals surface area contributed by atoms with Crippen molar-refractivity contribution < 1.29 is 4.42 Å². The Kier molecular flexibility index (Phi) is 9.76. The first kappa shape index (κ1) is 26.8. The number of aryl methyl sites for hydroxylation is 2. The van der Waals surface area contributed by atoms with Crippen molar-refractivity contribution in [1.29, 1.82) is 0 Å². The van der Waals surface area contributed by atoms with Crippen LogP contribution in [0.4, 0.5) is 0 Å². The van der Waals surface area contributed by atoms with Crippen molar-refractivity contribution in [2.24, 2.45) is 16.1 Å². The molecule has 8 nitrogen and oxygen atoms in total. The average molecular weight is 514 g/mol. The van der Waals surface area contributed by atoms with Crippen LogP contribution in [0.5, 0.6) is 0 Å². The number of hydrazone groups is 2. The fourth-order valence-electron chi connectivity index (χ4n) is 4.11. The summed E-state index contributed by atoms with van der Waals surface area (Å²) >= 11 is 10.3. The number of thiocarbonyl (C=S) groups is 2. The minimum Gasteiger partial charge on any atom is -0.461 e. The van der Waals surface area contributed by atoms with Gasteiger partial charge < -0.3 is 15.1 Å². The maximum atomic E-state index is 6.10. The molecule has 188 valence electrons. The van der Waals surface area contributed by atoms with E-state index in [0.29, 0.717) is 10.2 Å². The summed E-state index contributed by atoms with van der Waals surface area (Å²) < 4.78 is 6.10. The van der Waals surface area contributed by atoms with E-state index in [1.54, 1.807) is 14.1 Å². The molecular weight excluding hydrogens is 478 g/mol. The molecule has 3 rings (SSSR count). The molecule has 0 atom stereocenters. The summed E-state index contributed by atoms with van der Waals surface area (Å²) in [5.74, 6) is 2.17. The van der Waals surface area contributed by atoms with Gasteiger partial charge in [0.15, 0.2) is 10.2 Å². The number of benzene rings is 1. The maximum absolute atomic E-state index is 6.10. The Balaban J connectivity index is 1.66. The Labute approximate surface area is 218 Å². The molecule has 10 heteroatoms. The van der Waals surface area contributed by atoms with Crippen molar-refractivity contribution in [3.63, 3.8) is 0 Å². The second-order valence-corrected chi connectivity index (χ2v) is 9.50. The molecule has 0 aliphatic carbocycles. The Morgan fingerprint density at radius 3 is 2.31 bits per heavy atom. The smallest absolute Gasteiger partial charge is 0.186 e. The van der Waals surface area contributed by atoms with Gasteiger partial charge in [-0.15, -0.1) is 0 Å². The van der Waals surface area contributed by atoms with Gasteiger partial charge in [-0.3, -0.25) is 15.8 Å². The van der Waals surface area contributed by atoms with Gasteiger partial charge in [0.1, 0.15) is 11.5 Å². The highest BCUT2D eigenvalue weighted by molar-refractivity contribution is 7.80. The molecule has 35 heavy (non-hydrogen) atoms. The predicted molar refractivity (Wildman–Crippen MR) is 152 cm³/mol. The van der Waals surface area contributed by atoms with Crippen LogP contribution in [0.15, 0.2) is 45.0 Å². The molecule has 4 N–H and O–H groups in total. The van der Waals surface area contributed by atoms with Crippen LogP contribution in [-0.2, 0) is 6.54 Å². The highest BCUT2D eigenvalue weighted by Gasteiger charge is 2.26. The third-order valence-corrected chi connectivity index (χ3v) is 6.71. The normalized spacial score (nSPS) is 15.6. The SMILES string of the molecule is CNC(=S)N/N=C(C)/C(=N/NC(=S)NC)C1CCN(Cc2cc(-c3cccc(C)c3)oc2C)CC1. The quantitative estimate of drug-likeness (QED) is 0.253. The Morgan fingerprint density at radius 1 is 1.03 bits per heavy atom. The minimum atomic E-state index is 0.264. The van der Waals surface area contributed by atoms with Gasteiger partial charge in [0.05, 0.1) is 11.4 Å². The number of hydrogen-bond donors (Lipinski definition) is 4. The number of piperidine rings is 1. The molecule has 0 unspecified atom stereocenters. The highest BCUT2D eigenvalue weighted by Crippen LogP contribution is 2.28. The van der Waals surface area contributed by atoms with Crippen molar-refractivity contribution in [2.75, 3.05) is 27.2 Å². The third kappa shape index (κ3) is 7.58. The molecule has 0 amide bonds. The van der Waals surface area contributed by atoms with Gasteiger partial charge in [-0.05, 0) is 83.3 Å². The minimum absolute atomic E-state index is 0.264. The molecule has 0 spiro atoms. The third-order valence-electron chi connectivity index (χ3n) is 6.12. The van der Waals surface area contributed by atoms with Crippen LogP contribution in [0, 0.1) is 19.8 Å². The molecule has 1 aliphatic heterocycles. The monoisotopic (exact) mass is 513 g/mol. The summed E-state index contributed by atoms with van der Waals surface area (Å²) in [6, 6.07) is 10.6. The first-order valence-electron chi connectivity index (χ1n) is 11.8. The van der Waals surface area contributed by atoms with Crippen molar-refractivity contribution in [3.8, 4) is 11.3 Å². The van der Waals surface area contributed by atoms with Crippen molar-refractivity contribution in [2.45, 2.75) is 40.2 Å². The number of nitrogens with zero attached hydrogens (tertiary/aromatic N) is 3. The summed E-state index contributed by atoms with van der Waals surface area (Å²) in [6.07, 6.45) is 1.94. The van der Waals surface area contributed by atoms with Crippen LogP contribution in [0.1, 0.15) is 36.7 Å². The second-order valence-electron chi connectivity index (χ2n) is 8.69. The molecule has 1 aromatic heterocycles. The molecule has 2 aromatic rings. The number of likely N-dealkylation sites (tertiary alicyclic amines) is 1. The summed E-state index contributed by atoms with van der Waals surface area (Å²) in [5.41, 5.74) is 11.0. The van der Waals surface area contributed by atoms with E-state index in [0.717, 1.165) is 61.0 Å². The van der Waals surface area contributed by atoms with Crippen LogP contribution in [0.25, 0.3) is 11.3 Å². The van der Waals surface area contributed by atoms with E-state index in [2.05, 4.69) is 73.8 Å². The van der Waals surface area contributed by atoms with E-state index >= 15 is 0 Å². The van der Waals surface area contributed by atoms with E-state index in [9.17, 15) is 0 Å². The van der Waals surface area contributed by atoms with Crippen molar-refractivity contribution in [3.05, 3.63) is 47.2 Å². The zero-order chi connectivity index (χ0) is 25.4. The van der Waals surface area contributed by atoms with Gasteiger partial charge in [-0.25, -0.2) is 0 Å². The number of furan rings is 1. The fraction of sp³-hybridized carbons (Fsp3) is 0.440. The van der Waals surface area contributed by atoms with Crippen LogP contribution in [0.2, 0.25) is 0 Å². The van der Waals surface area contributed by atoms with Crippen LogP contribution in [-0.4, -0.2) is 53.7 Å². The van der Waals surface area contributed by atoms with Gasteiger partial charge >= 0.3 is 0 Å². The van der Waals surface area contributed by atoms with E-state index in [4.69, 9.17) is 28.9 Å². The van der Waals surface area contributed by atoms with Gasteiger partial charge in [0.2, 0.25) is 0 Å². The van der Waals surface area contributed by atoms with E-state index < -0.39 is 0 Å². The van der Waals surface area contributed by atoms with E-state index in [1.807, 2.05) is 13.8 Å². The molecule has 1 saturated heterocycles. The number of nitrogens with one attached hydrogen (secondary N) is 4. The second kappa shape index (κ2) is 12.8. The van der Waals surface area contributed by atoms with Crippen LogP contribution < -0.4 is 21.5 Å². The van der Waals surface area contributed by atoms with Gasteiger partial charge in [0.25, 0.3) is 0 Å².